The second kappa shape index (κ2) is 6.34. The van der Waals surface area contributed by atoms with Gasteiger partial charge in [0.1, 0.15) is 0 Å². The molecule has 0 radical (unpaired) electrons. The van der Waals surface area contributed by atoms with E-state index in [1.807, 2.05) is 6.92 Å². The van der Waals surface area contributed by atoms with Gasteiger partial charge in [-0.05, 0) is 37.5 Å². The topological polar surface area (TPSA) is 41.5 Å². The molecule has 2 N–H and O–H groups in total. The van der Waals surface area contributed by atoms with Gasteiger partial charge in [-0.15, -0.1) is 0 Å². The van der Waals surface area contributed by atoms with Gasteiger partial charge in [-0.3, -0.25) is 0 Å². The molecule has 3 nitrogen and oxygen atoms in total. The summed E-state index contributed by atoms with van der Waals surface area (Å²) in [6.45, 7) is 3.12. The Kier molecular flexibility index (Phi) is 4.91. The van der Waals surface area contributed by atoms with Crippen molar-refractivity contribution in [3.8, 4) is 0 Å². The van der Waals surface area contributed by atoms with Crippen molar-refractivity contribution in [2.24, 2.45) is 0 Å². The fourth-order valence-corrected chi connectivity index (χ4v) is 2.63. The molecule has 0 aliphatic carbocycles. The molecule has 118 valence electrons. The molecule has 0 bridgehead atoms. The van der Waals surface area contributed by atoms with Gasteiger partial charge in [-0.1, -0.05) is 12.1 Å². The monoisotopic (exact) mass is 303 g/mol. The lowest BCUT2D eigenvalue weighted by molar-refractivity contribution is -0.137. The van der Waals surface area contributed by atoms with E-state index in [0.717, 1.165) is 30.5 Å². The highest BCUT2D eigenvalue weighted by atomic mass is 19.4. The molecular weight excluding hydrogens is 283 g/mol. The molecule has 1 aromatic carbocycles. The molecule has 1 heterocycles. The van der Waals surface area contributed by atoms with Crippen LogP contribution in [0.25, 0.3) is 0 Å². The fourth-order valence-electron chi connectivity index (χ4n) is 2.63. The molecule has 21 heavy (non-hydrogen) atoms. The maximum Gasteiger partial charge on any atom is 0.416 e. The average Bonchev–Trinajstić information content (AvgIpc) is 2.81. The number of ether oxygens (including phenoxy) is 1. The third kappa shape index (κ3) is 3.96. The van der Waals surface area contributed by atoms with Gasteiger partial charge in [-0.25, -0.2) is 0 Å². The lowest BCUT2D eigenvalue weighted by Gasteiger charge is -2.26. The molecule has 1 aliphatic heterocycles. The third-order valence-electron chi connectivity index (χ3n) is 3.85. The third-order valence-corrected chi connectivity index (χ3v) is 3.85. The number of aliphatic hydroxyl groups excluding tert-OH is 1. The van der Waals surface area contributed by atoms with Gasteiger partial charge in [0, 0.05) is 13.1 Å². The van der Waals surface area contributed by atoms with Gasteiger partial charge in [0.25, 0.3) is 0 Å². The average molecular weight is 303 g/mol. The van der Waals surface area contributed by atoms with E-state index in [1.54, 1.807) is 0 Å². The second-order valence-corrected chi connectivity index (χ2v) is 5.51. The summed E-state index contributed by atoms with van der Waals surface area (Å²) in [7, 11) is 0. The van der Waals surface area contributed by atoms with Crippen molar-refractivity contribution in [1.82, 2.24) is 5.32 Å². The predicted molar refractivity (Wildman–Crippen MR) is 72.9 cm³/mol. The number of aliphatic hydroxyl groups is 1. The number of hydrogen-bond acceptors (Lipinski definition) is 3. The lowest BCUT2D eigenvalue weighted by atomic mass is 9.92. The maximum absolute atomic E-state index is 12.6. The van der Waals surface area contributed by atoms with Crippen LogP contribution in [0.3, 0.4) is 0 Å². The Bertz CT molecular complexity index is 461. The molecule has 2 atom stereocenters. The van der Waals surface area contributed by atoms with E-state index in [0.29, 0.717) is 13.1 Å². The fraction of sp³-hybridized carbons (Fsp3) is 0.600. The molecule has 1 aliphatic rings. The van der Waals surface area contributed by atoms with Gasteiger partial charge in [0.2, 0.25) is 0 Å². The number of hydrogen-bond donors (Lipinski definition) is 2. The van der Waals surface area contributed by atoms with Crippen LogP contribution >= 0.6 is 0 Å². The standard InChI is InChI=1S/C15H20F3NO2/c1-14(7-6-13(21-14)10-19-8-9-20)11-2-4-12(5-3-11)15(16,17)18/h2-5,13,19-20H,6-10H2,1H3/t13?,14-/m1/s1. The molecule has 0 aromatic heterocycles. The summed E-state index contributed by atoms with van der Waals surface area (Å²) < 4.78 is 43.7. The zero-order valence-corrected chi connectivity index (χ0v) is 11.9. The van der Waals surface area contributed by atoms with E-state index in [1.165, 1.54) is 12.1 Å². The Morgan fingerprint density at radius 2 is 2.00 bits per heavy atom. The van der Waals surface area contributed by atoms with Crippen LogP contribution in [-0.2, 0) is 16.5 Å². The van der Waals surface area contributed by atoms with Crippen molar-refractivity contribution < 1.29 is 23.0 Å². The van der Waals surface area contributed by atoms with Crippen LogP contribution in [0.15, 0.2) is 24.3 Å². The molecule has 6 heteroatoms. The Morgan fingerprint density at radius 3 is 2.57 bits per heavy atom. The van der Waals surface area contributed by atoms with Crippen LogP contribution < -0.4 is 5.32 Å². The quantitative estimate of drug-likeness (QED) is 0.822. The minimum Gasteiger partial charge on any atom is -0.395 e. The van der Waals surface area contributed by atoms with E-state index in [2.05, 4.69) is 5.32 Å². The molecule has 0 saturated carbocycles. The first-order valence-electron chi connectivity index (χ1n) is 7.02. The molecule has 0 amide bonds. The van der Waals surface area contributed by atoms with Gasteiger partial charge < -0.3 is 15.2 Å². The number of halogens is 3. The van der Waals surface area contributed by atoms with Crippen LogP contribution in [-0.4, -0.2) is 30.9 Å². The summed E-state index contributed by atoms with van der Waals surface area (Å²) >= 11 is 0. The minimum absolute atomic E-state index is 0.0174. The van der Waals surface area contributed by atoms with Gasteiger partial charge in [0.05, 0.1) is 23.9 Å². The SMILES string of the molecule is C[C@]1(c2ccc(C(F)(F)F)cc2)CCC(CNCCO)O1. The van der Waals surface area contributed by atoms with Crippen molar-refractivity contribution >= 4 is 0 Å². The highest BCUT2D eigenvalue weighted by molar-refractivity contribution is 5.29. The Balaban J connectivity index is 2.01. The van der Waals surface area contributed by atoms with Crippen molar-refractivity contribution in [2.75, 3.05) is 19.7 Å². The van der Waals surface area contributed by atoms with Crippen LogP contribution in [0, 0.1) is 0 Å². The number of alkyl halides is 3. The van der Waals surface area contributed by atoms with E-state index >= 15 is 0 Å². The smallest absolute Gasteiger partial charge is 0.395 e. The molecule has 0 spiro atoms. The lowest BCUT2D eigenvalue weighted by Crippen LogP contribution is -2.31. The highest BCUT2D eigenvalue weighted by Crippen LogP contribution is 2.39. The first-order valence-corrected chi connectivity index (χ1v) is 7.02. The van der Waals surface area contributed by atoms with Crippen LogP contribution in [0.2, 0.25) is 0 Å². The summed E-state index contributed by atoms with van der Waals surface area (Å²) in [4.78, 5) is 0. The van der Waals surface area contributed by atoms with E-state index < -0.39 is 17.3 Å². The highest BCUT2D eigenvalue weighted by Gasteiger charge is 2.38. The summed E-state index contributed by atoms with van der Waals surface area (Å²) in [6, 6.07) is 5.18. The summed E-state index contributed by atoms with van der Waals surface area (Å²) in [6.07, 6.45) is -2.68. The zero-order chi connectivity index (χ0) is 15.5. The van der Waals surface area contributed by atoms with Gasteiger partial charge in [-0.2, -0.15) is 13.2 Å². The Labute approximate surface area is 122 Å². The summed E-state index contributed by atoms with van der Waals surface area (Å²) in [5, 5.41) is 11.8. The predicted octanol–water partition coefficient (Wildman–Crippen LogP) is 2.68. The number of benzene rings is 1. The van der Waals surface area contributed by atoms with E-state index in [-0.39, 0.29) is 12.7 Å². The van der Waals surface area contributed by atoms with Gasteiger partial charge >= 0.3 is 6.18 Å². The molecule has 1 unspecified atom stereocenters. The van der Waals surface area contributed by atoms with Crippen LogP contribution in [0.4, 0.5) is 13.2 Å². The van der Waals surface area contributed by atoms with Crippen LogP contribution in [0.5, 0.6) is 0 Å². The van der Waals surface area contributed by atoms with Crippen LogP contribution in [0.1, 0.15) is 30.9 Å². The van der Waals surface area contributed by atoms with Gasteiger partial charge in [0.15, 0.2) is 0 Å². The summed E-state index contributed by atoms with van der Waals surface area (Å²) in [5.41, 5.74) is -0.426. The van der Waals surface area contributed by atoms with Crippen molar-refractivity contribution in [2.45, 2.75) is 37.6 Å². The van der Waals surface area contributed by atoms with E-state index in [4.69, 9.17) is 9.84 Å². The summed E-state index contributed by atoms with van der Waals surface area (Å²) in [5.74, 6) is 0. The normalized spacial score (nSPS) is 26.2. The zero-order valence-electron chi connectivity index (χ0n) is 11.9. The largest absolute Gasteiger partial charge is 0.416 e. The molecule has 1 saturated heterocycles. The Morgan fingerprint density at radius 1 is 1.33 bits per heavy atom. The molecule has 1 aromatic rings. The molecular formula is C15H20F3NO2. The first-order chi connectivity index (χ1) is 9.85. The Hall–Kier alpha value is -1.11. The number of nitrogens with one attached hydrogen (secondary N) is 1. The van der Waals surface area contributed by atoms with Crippen molar-refractivity contribution in [3.05, 3.63) is 35.4 Å². The van der Waals surface area contributed by atoms with Crippen molar-refractivity contribution in [3.63, 3.8) is 0 Å². The number of rotatable bonds is 5. The maximum atomic E-state index is 12.6. The molecule has 1 fully saturated rings. The second-order valence-electron chi connectivity index (χ2n) is 5.51. The first kappa shape index (κ1) is 16.3. The molecule has 2 rings (SSSR count). The van der Waals surface area contributed by atoms with E-state index in [9.17, 15) is 13.2 Å². The van der Waals surface area contributed by atoms with Crippen molar-refractivity contribution in [1.29, 1.82) is 0 Å². The minimum atomic E-state index is -4.31.